The van der Waals surface area contributed by atoms with Crippen LogP contribution >= 0.6 is 0 Å². The normalized spacial score (nSPS) is 25.9. The smallest absolute Gasteiger partial charge is 0.238 e. The van der Waals surface area contributed by atoms with Crippen LogP contribution in [0.25, 0.3) is 0 Å². The number of nitrogens with zero attached hydrogens (tertiary/aromatic N) is 2. The minimum absolute atomic E-state index is 0.0359. The molecule has 0 aromatic rings. The molecule has 76 valence electrons. The molecule has 0 bridgehead atoms. The maximum Gasteiger partial charge on any atom is 0.238 e. The van der Waals surface area contributed by atoms with Gasteiger partial charge in [-0.2, -0.15) is 0 Å². The lowest BCUT2D eigenvalue weighted by Gasteiger charge is -2.38. The lowest BCUT2D eigenvalue weighted by atomic mass is 10.1. The molecule has 1 atom stereocenters. The van der Waals surface area contributed by atoms with Gasteiger partial charge in [-0.15, -0.1) is 0 Å². The first-order valence-corrected chi connectivity index (χ1v) is 4.83. The molecular formula is C9H19N3O. The van der Waals surface area contributed by atoms with Crippen LogP contribution in [0.2, 0.25) is 0 Å². The molecule has 1 rings (SSSR count). The molecule has 0 aromatic heterocycles. The maximum absolute atomic E-state index is 11.5. The first-order chi connectivity index (χ1) is 6.19. The fourth-order valence-electron chi connectivity index (χ4n) is 1.75. The van der Waals surface area contributed by atoms with E-state index in [0.717, 1.165) is 26.2 Å². The molecule has 13 heavy (non-hydrogen) atoms. The van der Waals surface area contributed by atoms with Crippen molar-refractivity contribution in [2.45, 2.75) is 13.0 Å². The van der Waals surface area contributed by atoms with Gasteiger partial charge in [0.25, 0.3) is 0 Å². The lowest BCUT2D eigenvalue weighted by molar-refractivity contribution is -0.128. The van der Waals surface area contributed by atoms with Crippen molar-refractivity contribution in [3.63, 3.8) is 0 Å². The van der Waals surface area contributed by atoms with Gasteiger partial charge in [0.15, 0.2) is 0 Å². The van der Waals surface area contributed by atoms with E-state index in [2.05, 4.69) is 29.1 Å². The quantitative estimate of drug-likeness (QED) is 0.622. The average Bonchev–Trinajstić information content (AvgIpc) is 2.16. The third-order valence-electron chi connectivity index (χ3n) is 2.65. The van der Waals surface area contributed by atoms with Crippen LogP contribution in [0.1, 0.15) is 6.92 Å². The molecular weight excluding hydrogens is 166 g/mol. The molecule has 1 saturated heterocycles. The van der Waals surface area contributed by atoms with Crippen molar-refractivity contribution in [2.75, 3.05) is 40.3 Å². The highest BCUT2D eigenvalue weighted by Crippen LogP contribution is 2.07. The predicted octanol–water partition coefficient (Wildman–Crippen LogP) is -0.632. The summed E-state index contributed by atoms with van der Waals surface area (Å²) in [5.74, 6) is 0.133. The summed E-state index contributed by atoms with van der Waals surface area (Å²) >= 11 is 0. The van der Waals surface area contributed by atoms with Crippen molar-refractivity contribution >= 4 is 5.91 Å². The third-order valence-corrected chi connectivity index (χ3v) is 2.65. The highest BCUT2D eigenvalue weighted by Gasteiger charge is 2.28. The van der Waals surface area contributed by atoms with Gasteiger partial charge in [0.2, 0.25) is 5.91 Å². The fourth-order valence-corrected chi connectivity index (χ4v) is 1.75. The first kappa shape index (κ1) is 10.5. The molecule has 0 saturated carbocycles. The van der Waals surface area contributed by atoms with Gasteiger partial charge in [0, 0.05) is 26.7 Å². The lowest BCUT2D eigenvalue weighted by Crippen LogP contribution is -2.57. The second-order valence-electron chi connectivity index (χ2n) is 3.52. The number of piperazine rings is 1. The van der Waals surface area contributed by atoms with Gasteiger partial charge in [0.05, 0.1) is 0 Å². The van der Waals surface area contributed by atoms with E-state index in [1.807, 2.05) is 0 Å². The summed E-state index contributed by atoms with van der Waals surface area (Å²) in [6.07, 6.45) is 0. The average molecular weight is 185 g/mol. The monoisotopic (exact) mass is 185 g/mol. The summed E-state index contributed by atoms with van der Waals surface area (Å²) in [7, 11) is 3.76. The highest BCUT2D eigenvalue weighted by molar-refractivity contribution is 5.81. The Morgan fingerprint density at radius 3 is 2.77 bits per heavy atom. The van der Waals surface area contributed by atoms with Gasteiger partial charge in [-0.25, -0.2) is 0 Å². The summed E-state index contributed by atoms with van der Waals surface area (Å²) in [4.78, 5) is 15.9. The Morgan fingerprint density at radius 1 is 1.54 bits per heavy atom. The number of carbonyl (C=O) groups is 1. The summed E-state index contributed by atoms with van der Waals surface area (Å²) in [6, 6.07) is 0.0359. The molecule has 0 spiro atoms. The van der Waals surface area contributed by atoms with Crippen molar-refractivity contribution in [3.8, 4) is 0 Å². The molecule has 1 N–H and O–H groups in total. The number of carbonyl (C=O) groups excluding carboxylic acids is 1. The summed E-state index contributed by atoms with van der Waals surface area (Å²) in [6.45, 7) is 5.94. The van der Waals surface area contributed by atoms with Crippen LogP contribution in [0, 0.1) is 0 Å². The Balaban J connectivity index is 2.59. The van der Waals surface area contributed by atoms with E-state index in [-0.39, 0.29) is 11.9 Å². The van der Waals surface area contributed by atoms with Crippen LogP contribution in [0.5, 0.6) is 0 Å². The first-order valence-electron chi connectivity index (χ1n) is 4.83. The van der Waals surface area contributed by atoms with E-state index in [0.29, 0.717) is 0 Å². The van der Waals surface area contributed by atoms with Crippen molar-refractivity contribution in [2.24, 2.45) is 0 Å². The van der Waals surface area contributed by atoms with Crippen molar-refractivity contribution in [3.05, 3.63) is 0 Å². The predicted molar refractivity (Wildman–Crippen MR) is 52.6 cm³/mol. The van der Waals surface area contributed by atoms with E-state index >= 15 is 0 Å². The Bertz CT molecular complexity index is 184. The van der Waals surface area contributed by atoms with Crippen molar-refractivity contribution < 1.29 is 4.79 Å². The summed E-state index contributed by atoms with van der Waals surface area (Å²) in [5.41, 5.74) is 0. The van der Waals surface area contributed by atoms with Crippen LogP contribution in [0.3, 0.4) is 0 Å². The molecule has 1 heterocycles. The van der Waals surface area contributed by atoms with Gasteiger partial charge in [-0.3, -0.25) is 9.69 Å². The van der Waals surface area contributed by atoms with Gasteiger partial charge in [-0.1, -0.05) is 6.92 Å². The Hall–Kier alpha value is -0.610. The molecule has 0 aromatic carbocycles. The zero-order chi connectivity index (χ0) is 9.84. The molecule has 1 unspecified atom stereocenters. The largest absolute Gasteiger partial charge is 0.358 e. The number of nitrogens with one attached hydrogen (secondary N) is 1. The van der Waals surface area contributed by atoms with Gasteiger partial charge < -0.3 is 10.2 Å². The van der Waals surface area contributed by atoms with Crippen LogP contribution in [0.15, 0.2) is 0 Å². The minimum Gasteiger partial charge on any atom is -0.358 e. The van der Waals surface area contributed by atoms with Crippen LogP contribution in [-0.2, 0) is 4.79 Å². The Morgan fingerprint density at radius 2 is 2.23 bits per heavy atom. The number of amides is 1. The van der Waals surface area contributed by atoms with E-state index in [1.54, 1.807) is 7.05 Å². The summed E-state index contributed by atoms with van der Waals surface area (Å²) in [5, 5.41) is 2.71. The molecule has 1 amide bonds. The Labute approximate surface area is 79.9 Å². The van der Waals surface area contributed by atoms with Crippen molar-refractivity contribution in [1.29, 1.82) is 0 Å². The van der Waals surface area contributed by atoms with E-state index in [4.69, 9.17) is 0 Å². The molecule has 1 fully saturated rings. The van der Waals surface area contributed by atoms with Gasteiger partial charge in [0.1, 0.15) is 6.04 Å². The molecule has 4 nitrogen and oxygen atoms in total. The zero-order valence-electron chi connectivity index (χ0n) is 8.71. The topological polar surface area (TPSA) is 35.6 Å². The van der Waals surface area contributed by atoms with E-state index in [9.17, 15) is 4.79 Å². The summed E-state index contributed by atoms with van der Waals surface area (Å²) < 4.78 is 0. The molecule has 0 aliphatic carbocycles. The second kappa shape index (κ2) is 4.58. The standard InChI is InChI=1S/C9H19N3O/c1-4-12-6-5-11(3)7-8(12)9(13)10-2/h8H,4-7H2,1-3H3,(H,10,13). The van der Waals surface area contributed by atoms with Crippen LogP contribution < -0.4 is 5.32 Å². The molecule has 1 aliphatic rings. The Kier molecular flexibility index (Phi) is 3.69. The minimum atomic E-state index is 0.0359. The number of rotatable bonds is 2. The van der Waals surface area contributed by atoms with E-state index < -0.39 is 0 Å². The second-order valence-corrected chi connectivity index (χ2v) is 3.52. The zero-order valence-corrected chi connectivity index (χ0v) is 8.71. The van der Waals surface area contributed by atoms with Crippen LogP contribution in [-0.4, -0.2) is 62.0 Å². The number of hydrogen-bond donors (Lipinski definition) is 1. The maximum atomic E-state index is 11.5. The number of likely N-dealkylation sites (N-methyl/N-ethyl adjacent to an activating group) is 3. The van der Waals surface area contributed by atoms with Gasteiger partial charge in [-0.05, 0) is 13.6 Å². The van der Waals surface area contributed by atoms with Gasteiger partial charge >= 0.3 is 0 Å². The molecule has 0 radical (unpaired) electrons. The van der Waals surface area contributed by atoms with E-state index in [1.165, 1.54) is 0 Å². The fraction of sp³-hybridized carbons (Fsp3) is 0.889. The van der Waals surface area contributed by atoms with Crippen LogP contribution in [0.4, 0.5) is 0 Å². The molecule has 1 aliphatic heterocycles. The highest BCUT2D eigenvalue weighted by atomic mass is 16.2. The third kappa shape index (κ3) is 2.42. The molecule has 4 heteroatoms. The van der Waals surface area contributed by atoms with Crippen molar-refractivity contribution in [1.82, 2.24) is 15.1 Å². The number of hydrogen-bond acceptors (Lipinski definition) is 3. The SMILES string of the molecule is CCN1CCN(C)CC1C(=O)NC.